The molecule has 5 rings (SSSR count). The summed E-state index contributed by atoms with van der Waals surface area (Å²) in [4.78, 5) is 0. The molecule has 45 heavy (non-hydrogen) atoms. The van der Waals surface area contributed by atoms with E-state index in [4.69, 9.17) is 33.2 Å². The molecule has 0 unspecified atom stereocenters. The summed E-state index contributed by atoms with van der Waals surface area (Å²) in [5, 5.41) is 22.3. The second-order valence-corrected chi connectivity index (χ2v) is 11.4. The molecular formula is C36H44O9. The van der Waals surface area contributed by atoms with Crippen LogP contribution in [0.15, 0.2) is 104 Å². The first-order chi connectivity index (χ1) is 21.9. The van der Waals surface area contributed by atoms with E-state index in [-0.39, 0.29) is 13.2 Å². The van der Waals surface area contributed by atoms with Gasteiger partial charge in [-0.1, -0.05) is 97.1 Å². The third-order valence-corrected chi connectivity index (χ3v) is 8.03. The number of aliphatic hydroxyl groups excluding tert-OH is 2. The Kier molecular flexibility index (Phi) is 12.3. The summed E-state index contributed by atoms with van der Waals surface area (Å²) in [6.45, 7) is 8.32. The average Bonchev–Trinajstić information content (AvgIpc) is 3.07. The van der Waals surface area contributed by atoms with E-state index in [1.165, 1.54) is 0 Å². The fourth-order valence-electron chi connectivity index (χ4n) is 5.59. The minimum atomic E-state index is -1.31. The Morgan fingerprint density at radius 1 is 0.578 bits per heavy atom. The molecular weight excluding hydrogens is 576 g/mol. The average molecular weight is 621 g/mol. The van der Waals surface area contributed by atoms with Crippen LogP contribution in [0.3, 0.4) is 0 Å². The van der Waals surface area contributed by atoms with E-state index < -0.39 is 61.4 Å². The van der Waals surface area contributed by atoms with Crippen molar-refractivity contribution < 1.29 is 43.4 Å². The first-order valence-corrected chi connectivity index (χ1v) is 15.5. The number of ether oxygens (including phenoxy) is 7. The highest BCUT2D eigenvalue weighted by Gasteiger charge is 2.51. The number of benzene rings is 3. The summed E-state index contributed by atoms with van der Waals surface area (Å²) in [5.74, 6) is 0. The van der Waals surface area contributed by atoms with Crippen molar-refractivity contribution in [2.24, 2.45) is 0 Å². The van der Waals surface area contributed by atoms with Gasteiger partial charge in [0.15, 0.2) is 12.6 Å². The van der Waals surface area contributed by atoms with Crippen LogP contribution in [0.25, 0.3) is 0 Å². The van der Waals surface area contributed by atoms with Crippen LogP contribution in [0.2, 0.25) is 0 Å². The minimum Gasteiger partial charge on any atom is -0.388 e. The van der Waals surface area contributed by atoms with Crippen LogP contribution >= 0.6 is 0 Å². The monoisotopic (exact) mass is 620 g/mol. The minimum absolute atomic E-state index is 0.160. The van der Waals surface area contributed by atoms with Crippen LogP contribution in [0, 0.1) is 0 Å². The lowest BCUT2D eigenvalue weighted by Gasteiger charge is -2.48. The van der Waals surface area contributed by atoms with Gasteiger partial charge in [0, 0.05) is 0 Å². The van der Waals surface area contributed by atoms with Crippen molar-refractivity contribution in [3.05, 3.63) is 120 Å². The van der Waals surface area contributed by atoms with E-state index in [1.807, 2.05) is 97.9 Å². The maximum atomic E-state index is 11.2. The summed E-state index contributed by atoms with van der Waals surface area (Å²) in [5.41, 5.74) is 2.96. The summed E-state index contributed by atoms with van der Waals surface area (Å²) < 4.78 is 43.9. The standard InChI is InChI=1S/C36H44O9/c1-4-20-39-35-30(38)32(29(37)24(2)43-35)45-36-34(42-23-28-18-12-7-13-19-28)33(41-22-27-16-10-6-11-17-27)31(25(3)44-36)40-21-26-14-8-5-9-15-26/h4-19,24-25,29-38H,1,20-23H2,2-3H3/t24-,25-,29-,30+,31-,32+,33+,34+,35+,36-/m0/s1. The van der Waals surface area contributed by atoms with E-state index in [0.717, 1.165) is 16.7 Å². The first-order valence-electron chi connectivity index (χ1n) is 15.5. The Morgan fingerprint density at radius 3 is 1.56 bits per heavy atom. The van der Waals surface area contributed by atoms with Crippen molar-refractivity contribution in [1.82, 2.24) is 0 Å². The Morgan fingerprint density at radius 2 is 1.04 bits per heavy atom. The van der Waals surface area contributed by atoms with Crippen molar-refractivity contribution in [2.75, 3.05) is 6.61 Å². The van der Waals surface area contributed by atoms with Gasteiger partial charge in [-0.15, -0.1) is 6.58 Å². The van der Waals surface area contributed by atoms with E-state index in [9.17, 15) is 10.2 Å². The summed E-state index contributed by atoms with van der Waals surface area (Å²) in [6.07, 6.45) is -7.17. The first kappa shape index (κ1) is 33.4. The zero-order chi connectivity index (χ0) is 31.6. The molecule has 9 nitrogen and oxygen atoms in total. The van der Waals surface area contributed by atoms with Crippen LogP contribution in [0.4, 0.5) is 0 Å². The molecule has 9 heteroatoms. The smallest absolute Gasteiger partial charge is 0.187 e. The van der Waals surface area contributed by atoms with Gasteiger partial charge in [-0.2, -0.15) is 0 Å². The summed E-state index contributed by atoms with van der Waals surface area (Å²) in [7, 11) is 0. The van der Waals surface area contributed by atoms with Gasteiger partial charge in [0.05, 0.1) is 38.6 Å². The lowest BCUT2D eigenvalue weighted by molar-refractivity contribution is -0.364. The van der Waals surface area contributed by atoms with Crippen molar-refractivity contribution in [3.63, 3.8) is 0 Å². The van der Waals surface area contributed by atoms with Crippen molar-refractivity contribution in [2.45, 2.75) is 95.1 Å². The Hall–Kier alpha value is -2.96. The quantitative estimate of drug-likeness (QED) is 0.251. The van der Waals surface area contributed by atoms with Gasteiger partial charge in [-0.25, -0.2) is 0 Å². The third kappa shape index (κ3) is 8.86. The molecule has 0 spiro atoms. The third-order valence-electron chi connectivity index (χ3n) is 8.03. The SMILES string of the molecule is C=CCO[C@@H]1O[C@@H](C)[C@H](O)[C@@H](O[C@@H]2O[C@@H](C)[C@H](OCc3ccccc3)[C@@H](OCc3ccccc3)[C@H]2OCc2ccccc2)[C@H]1O. The Labute approximate surface area is 265 Å². The van der Waals surface area contributed by atoms with Gasteiger partial charge in [0.2, 0.25) is 0 Å². The fourth-order valence-corrected chi connectivity index (χ4v) is 5.59. The van der Waals surface area contributed by atoms with Crippen LogP contribution in [0.1, 0.15) is 30.5 Å². The second-order valence-electron chi connectivity index (χ2n) is 11.4. The number of hydrogen-bond acceptors (Lipinski definition) is 9. The summed E-state index contributed by atoms with van der Waals surface area (Å²) in [6, 6.07) is 29.6. The molecule has 0 bridgehead atoms. The van der Waals surface area contributed by atoms with Crippen molar-refractivity contribution in [1.29, 1.82) is 0 Å². The van der Waals surface area contributed by atoms with Crippen molar-refractivity contribution in [3.8, 4) is 0 Å². The number of rotatable bonds is 14. The molecule has 2 aliphatic rings. The highest BCUT2D eigenvalue weighted by Crippen LogP contribution is 2.34. The molecule has 3 aromatic rings. The Balaban J connectivity index is 1.43. The van der Waals surface area contributed by atoms with E-state index in [1.54, 1.807) is 13.0 Å². The topological polar surface area (TPSA) is 105 Å². The number of aliphatic hydroxyl groups is 2. The van der Waals surface area contributed by atoms with Crippen LogP contribution in [-0.4, -0.2) is 78.2 Å². The Bertz CT molecular complexity index is 1280. The molecule has 2 fully saturated rings. The molecule has 0 aliphatic carbocycles. The summed E-state index contributed by atoms with van der Waals surface area (Å²) >= 11 is 0. The molecule has 2 heterocycles. The lowest BCUT2D eigenvalue weighted by Crippen LogP contribution is -2.64. The van der Waals surface area contributed by atoms with Crippen LogP contribution in [-0.2, 0) is 53.0 Å². The van der Waals surface area contributed by atoms with E-state index >= 15 is 0 Å². The van der Waals surface area contributed by atoms with E-state index in [2.05, 4.69) is 6.58 Å². The fraction of sp³-hybridized carbons (Fsp3) is 0.444. The second kappa shape index (κ2) is 16.6. The lowest BCUT2D eigenvalue weighted by atomic mass is 9.96. The van der Waals surface area contributed by atoms with Gasteiger partial charge >= 0.3 is 0 Å². The molecule has 0 aromatic heterocycles. The van der Waals surface area contributed by atoms with Gasteiger partial charge in [0.25, 0.3) is 0 Å². The molecule has 0 amide bonds. The predicted octanol–water partition coefficient (Wildman–Crippen LogP) is 4.54. The molecule has 2 aliphatic heterocycles. The maximum Gasteiger partial charge on any atom is 0.187 e. The highest BCUT2D eigenvalue weighted by atomic mass is 16.7. The molecule has 10 atom stereocenters. The predicted molar refractivity (Wildman–Crippen MR) is 167 cm³/mol. The highest BCUT2D eigenvalue weighted by molar-refractivity contribution is 5.15. The molecule has 3 aromatic carbocycles. The molecule has 2 saturated heterocycles. The van der Waals surface area contributed by atoms with Gasteiger partial charge in [-0.05, 0) is 30.5 Å². The van der Waals surface area contributed by atoms with Crippen molar-refractivity contribution >= 4 is 0 Å². The van der Waals surface area contributed by atoms with Gasteiger partial charge < -0.3 is 43.4 Å². The van der Waals surface area contributed by atoms with Crippen LogP contribution < -0.4 is 0 Å². The number of hydrogen-bond donors (Lipinski definition) is 2. The van der Waals surface area contributed by atoms with Gasteiger partial charge in [0.1, 0.15) is 36.6 Å². The zero-order valence-corrected chi connectivity index (χ0v) is 25.8. The molecule has 0 radical (unpaired) electrons. The zero-order valence-electron chi connectivity index (χ0n) is 25.8. The molecule has 242 valence electrons. The molecule has 0 saturated carbocycles. The van der Waals surface area contributed by atoms with Crippen LogP contribution in [0.5, 0.6) is 0 Å². The van der Waals surface area contributed by atoms with Gasteiger partial charge in [-0.3, -0.25) is 0 Å². The molecule has 2 N–H and O–H groups in total. The van der Waals surface area contributed by atoms with E-state index in [0.29, 0.717) is 13.2 Å². The largest absolute Gasteiger partial charge is 0.388 e. The maximum absolute atomic E-state index is 11.2. The normalized spacial score (nSPS) is 31.8.